The summed E-state index contributed by atoms with van der Waals surface area (Å²) < 4.78 is 10.5. The zero-order chi connectivity index (χ0) is 28.3. The molecule has 1 aliphatic rings. The Kier molecular flexibility index (Phi) is 9.04. The number of benzene rings is 1. The number of likely N-dealkylation sites (tertiary alicyclic amines) is 1. The van der Waals surface area contributed by atoms with Gasteiger partial charge in [0.05, 0.1) is 28.2 Å². The zero-order valence-electron chi connectivity index (χ0n) is 22.1. The molecular weight excluding hydrogens is 544 g/mol. The number of nitrogens with one attached hydrogen (secondary N) is 1. The monoisotopic (exact) mass is 574 g/mol. The predicted molar refractivity (Wildman–Crippen MR) is 146 cm³/mol. The number of aldehydes is 1. The normalized spacial score (nSPS) is 18.7. The number of aromatic nitrogens is 2. The number of nitrogens with zero attached hydrogens (tertiary/aromatic N) is 3. The van der Waals surface area contributed by atoms with Crippen LogP contribution in [0.4, 0.5) is 0 Å². The van der Waals surface area contributed by atoms with E-state index in [0.717, 1.165) is 21.7 Å². The van der Waals surface area contributed by atoms with E-state index in [1.54, 1.807) is 11.3 Å². The number of aryl methyl sites for hydroxylation is 1. The number of amides is 2. The Balaban J connectivity index is 1.49. The highest BCUT2D eigenvalue weighted by molar-refractivity contribution is 7.13. The topological polar surface area (TPSA) is 135 Å². The third-order valence-corrected chi connectivity index (χ3v) is 8.10. The van der Waals surface area contributed by atoms with Crippen LogP contribution in [-0.4, -0.2) is 63.5 Å². The van der Waals surface area contributed by atoms with Crippen LogP contribution in [0.1, 0.15) is 56.2 Å². The number of aliphatic hydroxyl groups excluding tert-OH is 1. The number of hydrogen-bond donors (Lipinski definition) is 2. The molecule has 1 fully saturated rings. The molecule has 2 amide bonds. The van der Waals surface area contributed by atoms with Crippen LogP contribution in [0.25, 0.3) is 10.4 Å². The van der Waals surface area contributed by atoms with E-state index in [9.17, 15) is 19.5 Å². The summed E-state index contributed by atoms with van der Waals surface area (Å²) in [5.74, 6) is -1.93. The molecule has 2 unspecified atom stereocenters. The fourth-order valence-corrected chi connectivity index (χ4v) is 5.80. The van der Waals surface area contributed by atoms with Gasteiger partial charge < -0.3 is 24.6 Å². The molecule has 0 saturated carbocycles. The highest BCUT2D eigenvalue weighted by Gasteiger charge is 2.44. The highest BCUT2D eigenvalue weighted by atomic mass is 35.5. The lowest BCUT2D eigenvalue weighted by Crippen LogP contribution is -2.48. The molecule has 2 N–H and O–H groups in total. The molecule has 4 rings (SSSR count). The van der Waals surface area contributed by atoms with Gasteiger partial charge in [0, 0.05) is 13.0 Å². The number of thiazole rings is 1. The van der Waals surface area contributed by atoms with Crippen LogP contribution in [0.5, 0.6) is 5.88 Å². The Morgan fingerprint density at radius 1 is 1.31 bits per heavy atom. The molecule has 1 saturated heterocycles. The van der Waals surface area contributed by atoms with Gasteiger partial charge in [0.15, 0.2) is 12.0 Å². The van der Waals surface area contributed by atoms with E-state index in [2.05, 4.69) is 15.5 Å². The van der Waals surface area contributed by atoms with Crippen LogP contribution in [0, 0.1) is 12.8 Å². The SMILES string of the molecule is Cc1ncsc1-c1ccc(C(C)NC(=O)[C@@H]2C[C@@H](O)CN2C(=O)C(c2onc(OCC=O)c2Cl)C(C)C)cc1. The van der Waals surface area contributed by atoms with Crippen molar-refractivity contribution in [2.75, 3.05) is 13.2 Å². The molecule has 4 atom stereocenters. The van der Waals surface area contributed by atoms with Gasteiger partial charge >= 0.3 is 0 Å². The van der Waals surface area contributed by atoms with Crippen LogP contribution in [-0.2, 0) is 14.4 Å². The molecule has 2 aromatic heterocycles. The van der Waals surface area contributed by atoms with Crippen molar-refractivity contribution >= 4 is 41.0 Å². The van der Waals surface area contributed by atoms with Crippen molar-refractivity contribution < 1.29 is 28.8 Å². The number of rotatable bonds is 10. The fraction of sp³-hybridized carbons (Fsp3) is 0.444. The molecule has 3 heterocycles. The van der Waals surface area contributed by atoms with Gasteiger partial charge in [-0.3, -0.25) is 14.4 Å². The lowest BCUT2D eigenvalue weighted by Gasteiger charge is -2.29. The number of carbonyl (C=O) groups is 3. The van der Waals surface area contributed by atoms with E-state index in [1.165, 1.54) is 4.90 Å². The first kappa shape index (κ1) is 28.7. The second-order valence-corrected chi connectivity index (χ2v) is 11.1. The van der Waals surface area contributed by atoms with E-state index in [0.29, 0.717) is 6.29 Å². The van der Waals surface area contributed by atoms with Crippen LogP contribution in [0.2, 0.25) is 5.02 Å². The van der Waals surface area contributed by atoms with Crippen LogP contribution in [0.15, 0.2) is 34.3 Å². The Morgan fingerprint density at radius 2 is 2.03 bits per heavy atom. The van der Waals surface area contributed by atoms with E-state index in [1.807, 2.05) is 57.5 Å². The van der Waals surface area contributed by atoms with Gasteiger partial charge in [-0.2, -0.15) is 0 Å². The van der Waals surface area contributed by atoms with E-state index < -0.39 is 24.0 Å². The third-order valence-electron chi connectivity index (χ3n) is 6.78. The number of halogens is 1. The van der Waals surface area contributed by atoms with Gasteiger partial charge in [0.2, 0.25) is 11.8 Å². The average Bonchev–Trinajstić information content (AvgIpc) is 3.61. The second kappa shape index (κ2) is 12.3. The summed E-state index contributed by atoms with van der Waals surface area (Å²) in [5.41, 5.74) is 4.74. The molecule has 208 valence electrons. The minimum absolute atomic E-state index is 0.00231. The standard InChI is InChI=1S/C27H31ClN4O6S/c1-14(2)21(23-22(28)26(31-38-23)37-10-9-33)27(36)32-12-19(34)11-20(32)25(35)30-15(3)17-5-7-18(8-6-17)24-16(4)29-13-39-24/h5-9,13-15,19-21,34H,10-12H2,1-4H3,(H,30,35)/t15?,19-,20+,21?/m1/s1. The van der Waals surface area contributed by atoms with Crippen molar-refractivity contribution in [3.05, 3.63) is 51.8 Å². The molecule has 12 heteroatoms. The summed E-state index contributed by atoms with van der Waals surface area (Å²) >= 11 is 7.94. The lowest BCUT2D eigenvalue weighted by atomic mass is 9.91. The molecule has 0 radical (unpaired) electrons. The zero-order valence-corrected chi connectivity index (χ0v) is 23.7. The van der Waals surface area contributed by atoms with Crippen molar-refractivity contribution in [3.8, 4) is 16.3 Å². The smallest absolute Gasteiger partial charge is 0.273 e. The van der Waals surface area contributed by atoms with Crippen molar-refractivity contribution in [2.24, 2.45) is 5.92 Å². The molecule has 0 bridgehead atoms. The molecule has 0 spiro atoms. The van der Waals surface area contributed by atoms with Crippen LogP contribution in [0.3, 0.4) is 0 Å². The number of aliphatic hydroxyl groups is 1. The molecule has 39 heavy (non-hydrogen) atoms. The first-order valence-corrected chi connectivity index (χ1v) is 13.9. The Labute approximate surface area is 235 Å². The van der Waals surface area contributed by atoms with Gasteiger partial charge in [-0.25, -0.2) is 4.98 Å². The maximum atomic E-state index is 13.7. The van der Waals surface area contributed by atoms with Gasteiger partial charge in [-0.05, 0) is 36.0 Å². The number of hydrogen-bond acceptors (Lipinski definition) is 9. The number of ether oxygens (including phenoxy) is 1. The van der Waals surface area contributed by atoms with E-state index in [4.69, 9.17) is 20.9 Å². The molecule has 3 aromatic rings. The van der Waals surface area contributed by atoms with E-state index in [-0.39, 0.29) is 54.1 Å². The van der Waals surface area contributed by atoms with Crippen LogP contribution < -0.4 is 10.1 Å². The third kappa shape index (κ3) is 6.15. The molecule has 0 aliphatic carbocycles. The Bertz CT molecular complexity index is 1320. The summed E-state index contributed by atoms with van der Waals surface area (Å²) in [6.45, 7) is 7.19. The van der Waals surface area contributed by atoms with Crippen molar-refractivity contribution in [3.63, 3.8) is 0 Å². The summed E-state index contributed by atoms with van der Waals surface area (Å²) in [6.07, 6.45) is -0.204. The van der Waals surface area contributed by atoms with Gasteiger partial charge in [-0.15, -0.1) is 11.3 Å². The predicted octanol–water partition coefficient (Wildman–Crippen LogP) is 3.92. The molecule has 1 aromatic carbocycles. The summed E-state index contributed by atoms with van der Waals surface area (Å²) in [5, 5.41) is 17.1. The van der Waals surface area contributed by atoms with Crippen molar-refractivity contribution in [1.29, 1.82) is 0 Å². The quantitative estimate of drug-likeness (QED) is 0.348. The van der Waals surface area contributed by atoms with E-state index >= 15 is 0 Å². The maximum absolute atomic E-state index is 13.7. The average molecular weight is 575 g/mol. The largest absolute Gasteiger partial charge is 0.467 e. The lowest BCUT2D eigenvalue weighted by molar-refractivity contribution is -0.141. The first-order chi connectivity index (χ1) is 18.6. The van der Waals surface area contributed by atoms with Crippen molar-refractivity contribution in [2.45, 2.75) is 58.2 Å². The highest BCUT2D eigenvalue weighted by Crippen LogP contribution is 2.38. The summed E-state index contributed by atoms with van der Waals surface area (Å²) in [6, 6.07) is 6.70. The minimum Gasteiger partial charge on any atom is -0.467 e. The van der Waals surface area contributed by atoms with Gasteiger partial charge in [0.1, 0.15) is 23.6 Å². The fourth-order valence-electron chi connectivity index (χ4n) is 4.75. The number of carbonyl (C=O) groups excluding carboxylic acids is 3. The number of β-amino-alcohol motifs (C(OH)–C–C–N with tert-alkyl or cyclic N) is 1. The Hall–Kier alpha value is -3.28. The maximum Gasteiger partial charge on any atom is 0.273 e. The van der Waals surface area contributed by atoms with Gasteiger partial charge in [0.25, 0.3) is 5.88 Å². The second-order valence-electron chi connectivity index (χ2n) is 9.88. The molecule has 10 nitrogen and oxygen atoms in total. The van der Waals surface area contributed by atoms with Crippen molar-refractivity contribution in [1.82, 2.24) is 20.4 Å². The Morgan fingerprint density at radius 3 is 2.64 bits per heavy atom. The van der Waals surface area contributed by atoms with Gasteiger partial charge in [-0.1, -0.05) is 49.7 Å². The molecule has 1 aliphatic heterocycles. The minimum atomic E-state index is -0.876. The molecular formula is C27H31ClN4O6S. The summed E-state index contributed by atoms with van der Waals surface area (Å²) in [4.78, 5) is 44.5. The summed E-state index contributed by atoms with van der Waals surface area (Å²) in [7, 11) is 0. The van der Waals surface area contributed by atoms with Crippen LogP contribution >= 0.6 is 22.9 Å². The first-order valence-electron chi connectivity index (χ1n) is 12.6.